The number of piperidine rings is 1. The molecule has 1 saturated heterocycles. The third-order valence-corrected chi connectivity index (χ3v) is 4.26. The van der Waals surface area contributed by atoms with Crippen molar-refractivity contribution in [3.63, 3.8) is 0 Å². The molecule has 2 N–H and O–H groups in total. The smallest absolute Gasteiger partial charge is 0.238 e. The molecule has 0 bridgehead atoms. The highest BCUT2D eigenvalue weighted by molar-refractivity contribution is 9.10. The molecule has 1 aliphatic heterocycles. The maximum Gasteiger partial charge on any atom is 0.238 e. The molecule has 20 heavy (non-hydrogen) atoms. The summed E-state index contributed by atoms with van der Waals surface area (Å²) >= 11 is 3.41. The molecular formula is C15H21BrN2O2. The Balaban J connectivity index is 1.94. The number of amides is 1. The molecule has 1 amide bonds. The number of nitrogens with zero attached hydrogens (tertiary/aromatic N) is 1. The summed E-state index contributed by atoms with van der Waals surface area (Å²) in [5.74, 6) is -0.0178. The van der Waals surface area contributed by atoms with Gasteiger partial charge >= 0.3 is 0 Å². The number of halogens is 1. The Kier molecular flexibility index (Phi) is 5.57. The normalized spacial score (nSPS) is 19.9. The Morgan fingerprint density at radius 3 is 3.00 bits per heavy atom. The number of aliphatic hydroxyl groups is 1. The van der Waals surface area contributed by atoms with Gasteiger partial charge in [-0.2, -0.15) is 0 Å². The molecule has 1 fully saturated rings. The SMILES string of the molecule is Cc1cc(Br)ccc1NC(=O)CN1CCCCC1CO. The number of anilines is 1. The number of benzene rings is 1. The average molecular weight is 341 g/mol. The van der Waals surface area contributed by atoms with Crippen LogP contribution in [0, 0.1) is 6.92 Å². The quantitative estimate of drug-likeness (QED) is 0.885. The fourth-order valence-corrected chi connectivity index (χ4v) is 3.09. The first-order chi connectivity index (χ1) is 9.60. The van der Waals surface area contributed by atoms with E-state index in [1.54, 1.807) is 0 Å². The predicted octanol–water partition coefficient (Wildman–Crippen LogP) is 2.54. The standard InChI is InChI=1S/C15H21BrN2O2/c1-11-8-12(16)5-6-14(11)17-15(20)9-18-7-3-2-4-13(18)10-19/h5-6,8,13,19H,2-4,7,9-10H2,1H3,(H,17,20). The van der Waals surface area contributed by atoms with Gasteiger partial charge in [-0.3, -0.25) is 9.69 Å². The van der Waals surface area contributed by atoms with Crippen molar-refractivity contribution in [1.82, 2.24) is 4.90 Å². The number of nitrogens with one attached hydrogen (secondary N) is 1. The first kappa shape index (κ1) is 15.5. The molecule has 1 unspecified atom stereocenters. The lowest BCUT2D eigenvalue weighted by Crippen LogP contribution is -2.45. The van der Waals surface area contributed by atoms with Crippen LogP contribution in [0.15, 0.2) is 22.7 Å². The predicted molar refractivity (Wildman–Crippen MR) is 83.8 cm³/mol. The van der Waals surface area contributed by atoms with Crippen molar-refractivity contribution < 1.29 is 9.90 Å². The monoisotopic (exact) mass is 340 g/mol. The zero-order chi connectivity index (χ0) is 14.5. The number of carbonyl (C=O) groups is 1. The van der Waals surface area contributed by atoms with Crippen molar-refractivity contribution >= 4 is 27.5 Å². The third-order valence-electron chi connectivity index (χ3n) is 3.77. The molecule has 0 aromatic heterocycles. The highest BCUT2D eigenvalue weighted by Gasteiger charge is 2.23. The lowest BCUT2D eigenvalue weighted by molar-refractivity contribution is -0.118. The summed E-state index contributed by atoms with van der Waals surface area (Å²) in [6.45, 7) is 3.33. The van der Waals surface area contributed by atoms with Gasteiger partial charge in [0, 0.05) is 16.2 Å². The third kappa shape index (κ3) is 4.04. The van der Waals surface area contributed by atoms with E-state index >= 15 is 0 Å². The topological polar surface area (TPSA) is 52.6 Å². The maximum atomic E-state index is 12.1. The summed E-state index contributed by atoms with van der Waals surface area (Å²) in [4.78, 5) is 14.2. The van der Waals surface area contributed by atoms with Gasteiger partial charge in [0.05, 0.1) is 13.2 Å². The van der Waals surface area contributed by atoms with Crippen LogP contribution in [0.5, 0.6) is 0 Å². The number of hydrogen-bond donors (Lipinski definition) is 2. The maximum absolute atomic E-state index is 12.1. The molecule has 4 nitrogen and oxygen atoms in total. The molecule has 1 aromatic carbocycles. The Morgan fingerprint density at radius 2 is 2.30 bits per heavy atom. The van der Waals surface area contributed by atoms with Crippen LogP contribution in [-0.4, -0.2) is 41.7 Å². The minimum Gasteiger partial charge on any atom is -0.395 e. The molecule has 0 spiro atoms. The highest BCUT2D eigenvalue weighted by atomic mass is 79.9. The van der Waals surface area contributed by atoms with Crippen LogP contribution in [-0.2, 0) is 4.79 Å². The second-order valence-electron chi connectivity index (χ2n) is 5.31. The molecule has 5 heteroatoms. The van der Waals surface area contributed by atoms with Crippen molar-refractivity contribution in [2.75, 3.05) is 25.0 Å². The van der Waals surface area contributed by atoms with Gasteiger partial charge in [-0.05, 0) is 50.1 Å². The number of hydrogen-bond acceptors (Lipinski definition) is 3. The van der Waals surface area contributed by atoms with E-state index in [4.69, 9.17) is 0 Å². The first-order valence-corrected chi connectivity index (χ1v) is 7.80. The summed E-state index contributed by atoms with van der Waals surface area (Å²) in [7, 11) is 0. The largest absolute Gasteiger partial charge is 0.395 e. The van der Waals surface area contributed by atoms with Crippen LogP contribution in [0.3, 0.4) is 0 Å². The van der Waals surface area contributed by atoms with E-state index in [0.717, 1.165) is 41.5 Å². The summed E-state index contributed by atoms with van der Waals surface area (Å²) < 4.78 is 1.00. The van der Waals surface area contributed by atoms with Gasteiger partial charge in [0.15, 0.2) is 0 Å². The zero-order valence-corrected chi connectivity index (χ0v) is 13.3. The summed E-state index contributed by atoms with van der Waals surface area (Å²) in [6, 6.07) is 5.92. The van der Waals surface area contributed by atoms with Gasteiger partial charge in [-0.15, -0.1) is 0 Å². The van der Waals surface area contributed by atoms with Gasteiger partial charge < -0.3 is 10.4 Å². The van der Waals surface area contributed by atoms with E-state index in [-0.39, 0.29) is 18.6 Å². The van der Waals surface area contributed by atoms with Crippen LogP contribution in [0.1, 0.15) is 24.8 Å². The van der Waals surface area contributed by atoms with E-state index in [9.17, 15) is 9.90 Å². The molecule has 2 rings (SSSR count). The average Bonchev–Trinajstić information content (AvgIpc) is 2.42. The van der Waals surface area contributed by atoms with Crippen molar-refractivity contribution in [2.24, 2.45) is 0 Å². The van der Waals surface area contributed by atoms with Crippen LogP contribution < -0.4 is 5.32 Å². The van der Waals surface area contributed by atoms with Crippen LogP contribution in [0.2, 0.25) is 0 Å². The summed E-state index contributed by atoms with van der Waals surface area (Å²) in [5, 5.41) is 12.3. The number of rotatable bonds is 4. The van der Waals surface area contributed by atoms with Crippen molar-refractivity contribution in [3.05, 3.63) is 28.2 Å². The number of aryl methyl sites for hydroxylation is 1. The Labute approximate surface area is 128 Å². The number of carbonyl (C=O) groups excluding carboxylic acids is 1. The fraction of sp³-hybridized carbons (Fsp3) is 0.533. The Bertz CT molecular complexity index is 479. The molecule has 0 radical (unpaired) electrons. The minimum atomic E-state index is -0.0178. The van der Waals surface area contributed by atoms with Gasteiger partial charge in [0.2, 0.25) is 5.91 Å². The van der Waals surface area contributed by atoms with E-state index < -0.39 is 0 Å². The van der Waals surface area contributed by atoms with Gasteiger partial charge in [-0.25, -0.2) is 0 Å². The summed E-state index contributed by atoms with van der Waals surface area (Å²) in [6.07, 6.45) is 3.21. The van der Waals surface area contributed by atoms with Crippen molar-refractivity contribution in [2.45, 2.75) is 32.2 Å². The minimum absolute atomic E-state index is 0.0178. The second-order valence-corrected chi connectivity index (χ2v) is 6.23. The van der Waals surface area contributed by atoms with Gasteiger partial charge in [0.25, 0.3) is 0 Å². The molecular weight excluding hydrogens is 320 g/mol. The number of likely N-dealkylation sites (tertiary alicyclic amines) is 1. The van der Waals surface area contributed by atoms with Crippen LogP contribution in [0.4, 0.5) is 5.69 Å². The van der Waals surface area contributed by atoms with E-state index in [1.807, 2.05) is 25.1 Å². The second kappa shape index (κ2) is 7.20. The van der Waals surface area contributed by atoms with E-state index in [1.165, 1.54) is 0 Å². The van der Waals surface area contributed by atoms with Crippen molar-refractivity contribution in [3.8, 4) is 0 Å². The van der Waals surface area contributed by atoms with Crippen LogP contribution in [0.25, 0.3) is 0 Å². The summed E-state index contributed by atoms with van der Waals surface area (Å²) in [5.41, 5.74) is 1.88. The first-order valence-electron chi connectivity index (χ1n) is 7.01. The molecule has 1 aromatic rings. The van der Waals surface area contributed by atoms with Crippen molar-refractivity contribution in [1.29, 1.82) is 0 Å². The van der Waals surface area contributed by atoms with Gasteiger partial charge in [0.1, 0.15) is 0 Å². The van der Waals surface area contributed by atoms with E-state index in [2.05, 4.69) is 26.1 Å². The molecule has 1 atom stereocenters. The zero-order valence-electron chi connectivity index (χ0n) is 11.7. The molecule has 1 heterocycles. The lowest BCUT2D eigenvalue weighted by atomic mass is 10.0. The lowest BCUT2D eigenvalue weighted by Gasteiger charge is -2.33. The Hall–Kier alpha value is -0.910. The molecule has 110 valence electrons. The number of aliphatic hydroxyl groups excluding tert-OH is 1. The molecule has 0 aliphatic carbocycles. The fourth-order valence-electron chi connectivity index (χ4n) is 2.62. The molecule has 1 aliphatic rings. The Morgan fingerprint density at radius 1 is 1.50 bits per heavy atom. The molecule has 0 saturated carbocycles. The van der Waals surface area contributed by atoms with Gasteiger partial charge in [-0.1, -0.05) is 22.4 Å². The highest BCUT2D eigenvalue weighted by Crippen LogP contribution is 2.20. The van der Waals surface area contributed by atoms with E-state index in [0.29, 0.717) is 6.54 Å². The van der Waals surface area contributed by atoms with Crippen LogP contribution >= 0.6 is 15.9 Å².